The number of carboxylic acid groups (broad SMARTS) is 1. The highest BCUT2D eigenvalue weighted by Gasteiger charge is 2.36. The van der Waals surface area contributed by atoms with Crippen molar-refractivity contribution in [3.8, 4) is 0 Å². The second-order valence-corrected chi connectivity index (χ2v) is 3.72. The van der Waals surface area contributed by atoms with Crippen LogP contribution in [0, 0.1) is 0 Å². The molecular formula is C10H8ClF3O3. The van der Waals surface area contributed by atoms with Crippen LogP contribution >= 0.6 is 11.6 Å². The molecule has 0 bridgehead atoms. The number of halogens is 4. The van der Waals surface area contributed by atoms with Gasteiger partial charge in [0.25, 0.3) is 0 Å². The van der Waals surface area contributed by atoms with Crippen molar-refractivity contribution < 1.29 is 28.2 Å². The Kier molecular flexibility index (Phi) is 4.00. The second kappa shape index (κ2) is 4.93. The summed E-state index contributed by atoms with van der Waals surface area (Å²) in [7, 11) is 0. The predicted octanol–water partition coefficient (Wildman–Crippen LogP) is 2.87. The summed E-state index contributed by atoms with van der Waals surface area (Å²) in [6.45, 7) is 0. The van der Waals surface area contributed by atoms with Crippen LogP contribution in [0.2, 0.25) is 5.02 Å². The van der Waals surface area contributed by atoms with Crippen molar-refractivity contribution in [1.29, 1.82) is 0 Å². The van der Waals surface area contributed by atoms with Crippen LogP contribution in [0.15, 0.2) is 18.2 Å². The van der Waals surface area contributed by atoms with E-state index in [4.69, 9.17) is 16.7 Å². The van der Waals surface area contributed by atoms with Gasteiger partial charge in [0.05, 0.1) is 18.1 Å². The lowest BCUT2D eigenvalue weighted by molar-refractivity contribution is -0.143. The average molecular weight is 269 g/mol. The third-order valence-electron chi connectivity index (χ3n) is 2.06. The first-order valence-electron chi connectivity index (χ1n) is 4.49. The van der Waals surface area contributed by atoms with Gasteiger partial charge in [-0.05, 0) is 12.1 Å². The zero-order chi connectivity index (χ0) is 13.2. The Bertz CT molecular complexity index is 431. The third kappa shape index (κ3) is 3.34. The van der Waals surface area contributed by atoms with Gasteiger partial charge >= 0.3 is 12.1 Å². The number of carboxylic acids is 1. The van der Waals surface area contributed by atoms with Crippen molar-refractivity contribution in [3.63, 3.8) is 0 Å². The molecule has 3 nitrogen and oxygen atoms in total. The summed E-state index contributed by atoms with van der Waals surface area (Å²) in [5.74, 6) is -1.41. The van der Waals surface area contributed by atoms with Crippen LogP contribution < -0.4 is 0 Å². The molecule has 17 heavy (non-hydrogen) atoms. The molecule has 2 N–H and O–H groups in total. The number of carbonyl (C=O) groups is 1. The number of aliphatic hydroxyl groups excluding tert-OH is 1. The molecule has 0 saturated carbocycles. The molecule has 0 aliphatic rings. The molecule has 7 heteroatoms. The Hall–Kier alpha value is -1.27. The molecule has 1 rings (SSSR count). The Morgan fingerprint density at radius 3 is 2.47 bits per heavy atom. The molecule has 0 aliphatic heterocycles. The Balaban J connectivity index is 3.25. The van der Waals surface area contributed by atoms with E-state index in [1.54, 1.807) is 0 Å². The van der Waals surface area contributed by atoms with Gasteiger partial charge < -0.3 is 10.2 Å². The number of aliphatic hydroxyl groups is 1. The van der Waals surface area contributed by atoms with E-state index in [9.17, 15) is 23.1 Å². The third-order valence-corrected chi connectivity index (χ3v) is 2.39. The van der Waals surface area contributed by atoms with Gasteiger partial charge in [-0.15, -0.1) is 0 Å². The van der Waals surface area contributed by atoms with E-state index < -0.39 is 35.8 Å². The highest BCUT2D eigenvalue weighted by molar-refractivity contribution is 6.31. The first kappa shape index (κ1) is 13.8. The fourth-order valence-corrected chi connectivity index (χ4v) is 1.69. The fraction of sp³-hybridized carbons (Fsp3) is 0.300. The predicted molar refractivity (Wildman–Crippen MR) is 53.7 cm³/mol. The minimum Gasteiger partial charge on any atom is -0.481 e. The van der Waals surface area contributed by atoms with Gasteiger partial charge in [0.1, 0.15) is 0 Å². The van der Waals surface area contributed by atoms with E-state index in [-0.39, 0.29) is 5.02 Å². The number of hydrogen-bond acceptors (Lipinski definition) is 2. The van der Waals surface area contributed by atoms with E-state index in [0.717, 1.165) is 18.2 Å². The molecule has 0 fully saturated rings. The summed E-state index contributed by atoms with van der Waals surface area (Å²) in [4.78, 5) is 10.4. The molecule has 1 aromatic carbocycles. The van der Waals surface area contributed by atoms with Gasteiger partial charge in [0, 0.05) is 10.6 Å². The molecule has 0 saturated heterocycles. The van der Waals surface area contributed by atoms with Crippen LogP contribution in [0.3, 0.4) is 0 Å². The number of rotatable bonds is 3. The lowest BCUT2D eigenvalue weighted by atomic mass is 10.00. The van der Waals surface area contributed by atoms with Crippen LogP contribution in [0.25, 0.3) is 0 Å². The monoisotopic (exact) mass is 268 g/mol. The summed E-state index contributed by atoms with van der Waals surface area (Å²) in [5, 5.41) is 17.6. The van der Waals surface area contributed by atoms with Gasteiger partial charge in [0.2, 0.25) is 0 Å². The molecular weight excluding hydrogens is 261 g/mol. The van der Waals surface area contributed by atoms with Crippen molar-refractivity contribution in [2.45, 2.75) is 18.7 Å². The van der Waals surface area contributed by atoms with Crippen LogP contribution in [0.5, 0.6) is 0 Å². The summed E-state index contributed by atoms with van der Waals surface area (Å²) in [6.07, 6.45) is -7.33. The molecule has 0 amide bonds. The number of hydrogen-bond donors (Lipinski definition) is 2. The van der Waals surface area contributed by atoms with Crippen molar-refractivity contribution in [2.75, 3.05) is 0 Å². The van der Waals surface area contributed by atoms with Gasteiger partial charge in [0.15, 0.2) is 0 Å². The Morgan fingerprint density at radius 2 is 2.00 bits per heavy atom. The maximum atomic E-state index is 12.6. The lowest BCUT2D eigenvalue weighted by Gasteiger charge is -2.17. The first-order valence-corrected chi connectivity index (χ1v) is 4.86. The summed E-state index contributed by atoms with van der Waals surface area (Å²) in [5.41, 5.74) is -1.73. The van der Waals surface area contributed by atoms with E-state index in [1.807, 2.05) is 0 Å². The Morgan fingerprint density at radius 1 is 1.41 bits per heavy atom. The maximum absolute atomic E-state index is 12.6. The summed E-state index contributed by atoms with van der Waals surface area (Å²) < 4.78 is 37.8. The molecule has 0 spiro atoms. The molecule has 1 unspecified atom stereocenters. The largest absolute Gasteiger partial charge is 0.481 e. The highest BCUT2D eigenvalue weighted by atomic mass is 35.5. The molecule has 0 radical (unpaired) electrons. The van der Waals surface area contributed by atoms with Crippen molar-refractivity contribution >= 4 is 17.6 Å². The molecule has 0 aliphatic carbocycles. The minimum absolute atomic E-state index is 0.312. The van der Waals surface area contributed by atoms with E-state index in [2.05, 4.69) is 0 Å². The molecule has 94 valence electrons. The standard InChI is InChI=1S/C10H8ClF3O3/c11-6-3-1-2-5(10(12,13)14)9(6)7(15)4-8(16)17/h1-3,7,15H,4H2,(H,16,17). The smallest absolute Gasteiger partial charge is 0.416 e. The highest BCUT2D eigenvalue weighted by Crippen LogP contribution is 2.38. The van der Waals surface area contributed by atoms with E-state index >= 15 is 0 Å². The zero-order valence-electron chi connectivity index (χ0n) is 8.33. The number of alkyl halides is 3. The van der Waals surface area contributed by atoms with Gasteiger partial charge in [-0.2, -0.15) is 13.2 Å². The second-order valence-electron chi connectivity index (χ2n) is 3.31. The minimum atomic E-state index is -4.69. The summed E-state index contributed by atoms with van der Waals surface area (Å²) in [6, 6.07) is 2.99. The number of aliphatic carboxylic acids is 1. The van der Waals surface area contributed by atoms with Gasteiger partial charge in [-0.3, -0.25) is 4.79 Å². The fourth-order valence-electron chi connectivity index (χ4n) is 1.39. The molecule has 0 aromatic heterocycles. The van der Waals surface area contributed by atoms with E-state index in [1.165, 1.54) is 0 Å². The molecule has 0 heterocycles. The first-order chi connectivity index (χ1) is 7.73. The molecule has 1 aromatic rings. The van der Waals surface area contributed by atoms with Gasteiger partial charge in [-0.1, -0.05) is 17.7 Å². The van der Waals surface area contributed by atoms with Crippen LogP contribution in [0.4, 0.5) is 13.2 Å². The average Bonchev–Trinajstić information content (AvgIpc) is 2.14. The SMILES string of the molecule is O=C(O)CC(O)c1c(Cl)cccc1C(F)(F)F. The van der Waals surface area contributed by atoms with Crippen LogP contribution in [0.1, 0.15) is 23.7 Å². The van der Waals surface area contributed by atoms with Gasteiger partial charge in [-0.25, -0.2) is 0 Å². The van der Waals surface area contributed by atoms with Crippen LogP contribution in [-0.4, -0.2) is 16.2 Å². The topological polar surface area (TPSA) is 57.5 Å². The Labute approximate surface area is 99.4 Å². The van der Waals surface area contributed by atoms with Crippen molar-refractivity contribution in [1.82, 2.24) is 0 Å². The summed E-state index contributed by atoms with van der Waals surface area (Å²) >= 11 is 5.56. The maximum Gasteiger partial charge on any atom is 0.416 e. The van der Waals surface area contributed by atoms with E-state index in [0.29, 0.717) is 0 Å². The van der Waals surface area contributed by atoms with Crippen LogP contribution in [-0.2, 0) is 11.0 Å². The zero-order valence-corrected chi connectivity index (χ0v) is 9.09. The normalized spacial score (nSPS) is 13.5. The van der Waals surface area contributed by atoms with Crippen molar-refractivity contribution in [2.24, 2.45) is 0 Å². The molecule has 1 atom stereocenters. The number of benzene rings is 1. The quantitative estimate of drug-likeness (QED) is 0.886. The van der Waals surface area contributed by atoms with Crippen molar-refractivity contribution in [3.05, 3.63) is 34.3 Å². The lowest BCUT2D eigenvalue weighted by Crippen LogP contribution is -2.14.